The minimum Gasteiger partial charge on any atom is -0.493 e. The van der Waals surface area contributed by atoms with Crippen LogP contribution in [0.15, 0.2) is 12.1 Å². The number of rotatable bonds is 3. The van der Waals surface area contributed by atoms with Crippen molar-refractivity contribution in [2.45, 2.75) is 45.6 Å². The van der Waals surface area contributed by atoms with Crippen LogP contribution in [0.2, 0.25) is 0 Å². The van der Waals surface area contributed by atoms with Crippen LogP contribution in [0.3, 0.4) is 0 Å². The molecule has 1 fully saturated rings. The molecule has 0 saturated carbocycles. The highest BCUT2D eigenvalue weighted by molar-refractivity contribution is 5.52. The van der Waals surface area contributed by atoms with Gasteiger partial charge in [0.25, 0.3) is 0 Å². The van der Waals surface area contributed by atoms with E-state index in [0.717, 1.165) is 73.4 Å². The number of hydrogen-bond donors (Lipinski definition) is 0. The molecule has 0 atom stereocenters. The van der Waals surface area contributed by atoms with Gasteiger partial charge in [-0.1, -0.05) is 0 Å². The van der Waals surface area contributed by atoms with Crippen LogP contribution in [0.1, 0.15) is 41.1 Å². The first-order valence-electron chi connectivity index (χ1n) is 9.93. The first kappa shape index (κ1) is 19.0. The van der Waals surface area contributed by atoms with Crippen LogP contribution < -0.4 is 14.4 Å². The van der Waals surface area contributed by atoms with Crippen molar-refractivity contribution in [1.29, 1.82) is 0 Å². The van der Waals surface area contributed by atoms with Gasteiger partial charge in [0, 0.05) is 24.3 Å². The highest BCUT2D eigenvalue weighted by Crippen LogP contribution is 2.45. The van der Waals surface area contributed by atoms with Gasteiger partial charge in [-0.15, -0.1) is 0 Å². The van der Waals surface area contributed by atoms with Crippen LogP contribution in [0, 0.1) is 20.8 Å². The maximum atomic E-state index is 6.41. The van der Waals surface area contributed by atoms with Crippen molar-refractivity contribution in [2.75, 3.05) is 38.8 Å². The molecule has 0 amide bonds. The van der Waals surface area contributed by atoms with Gasteiger partial charge in [0.05, 0.1) is 26.4 Å². The summed E-state index contributed by atoms with van der Waals surface area (Å²) < 4.78 is 17.5. The van der Waals surface area contributed by atoms with Gasteiger partial charge in [-0.05, 0) is 63.3 Å². The Morgan fingerprint density at radius 1 is 1.00 bits per heavy atom. The average molecular weight is 383 g/mol. The lowest BCUT2D eigenvalue weighted by molar-refractivity contribution is -0.0768. The number of aromatic nitrogens is 2. The number of aryl methyl sites for hydroxylation is 2. The van der Waals surface area contributed by atoms with Gasteiger partial charge < -0.3 is 19.1 Å². The van der Waals surface area contributed by atoms with Crippen LogP contribution in [0.4, 0.5) is 5.82 Å². The van der Waals surface area contributed by atoms with Crippen LogP contribution in [0.25, 0.3) is 0 Å². The smallest absolute Gasteiger partial charge is 0.161 e. The molecule has 0 radical (unpaired) electrons. The SMILES string of the molecule is COc1cc2c(cc1OC)C1(CCN(c3nc(C)nc(C)c3C)CC1)OCC2. The molecule has 1 saturated heterocycles. The fourth-order valence-electron chi connectivity index (χ4n) is 4.54. The summed E-state index contributed by atoms with van der Waals surface area (Å²) in [7, 11) is 3.37. The third-order valence-electron chi connectivity index (χ3n) is 6.20. The predicted molar refractivity (Wildman–Crippen MR) is 109 cm³/mol. The van der Waals surface area contributed by atoms with Crippen molar-refractivity contribution < 1.29 is 14.2 Å². The monoisotopic (exact) mass is 383 g/mol. The summed E-state index contributed by atoms with van der Waals surface area (Å²) >= 11 is 0. The minimum absolute atomic E-state index is 0.255. The standard InChI is InChI=1S/C22H29N3O3/c1-14-15(2)23-16(3)24-21(14)25-9-7-22(8-10-25)18-13-20(27-5)19(26-4)12-17(18)6-11-28-22/h12-13H,6-11H2,1-5H3. The second-order valence-electron chi connectivity index (χ2n) is 7.75. The first-order valence-corrected chi connectivity index (χ1v) is 9.93. The minimum atomic E-state index is -0.255. The number of fused-ring (bicyclic) bond motifs is 2. The Bertz CT molecular complexity index is 889. The van der Waals surface area contributed by atoms with E-state index < -0.39 is 0 Å². The molecule has 150 valence electrons. The molecule has 3 heterocycles. The Morgan fingerprint density at radius 2 is 1.68 bits per heavy atom. The van der Waals surface area contributed by atoms with E-state index in [0.29, 0.717) is 0 Å². The molecule has 0 aliphatic carbocycles. The van der Waals surface area contributed by atoms with Crippen molar-refractivity contribution in [3.63, 3.8) is 0 Å². The Kier molecular flexibility index (Phi) is 4.91. The second kappa shape index (κ2) is 7.24. The number of hydrogen-bond acceptors (Lipinski definition) is 6. The predicted octanol–water partition coefficient (Wildman–Crippen LogP) is 3.49. The second-order valence-corrected chi connectivity index (χ2v) is 7.75. The Morgan fingerprint density at radius 3 is 2.36 bits per heavy atom. The molecule has 2 aliphatic heterocycles. The molecule has 4 rings (SSSR count). The van der Waals surface area contributed by atoms with Crippen LogP contribution in [0.5, 0.6) is 11.5 Å². The van der Waals surface area contributed by atoms with Crippen LogP contribution >= 0.6 is 0 Å². The lowest BCUT2D eigenvalue weighted by atomic mass is 9.79. The van der Waals surface area contributed by atoms with Gasteiger partial charge in [-0.3, -0.25) is 0 Å². The zero-order valence-electron chi connectivity index (χ0n) is 17.5. The van der Waals surface area contributed by atoms with Gasteiger partial charge in [-0.2, -0.15) is 0 Å². The van der Waals surface area contributed by atoms with Gasteiger partial charge in [-0.25, -0.2) is 9.97 Å². The molecular formula is C22H29N3O3. The maximum Gasteiger partial charge on any atom is 0.161 e. The van der Waals surface area contributed by atoms with E-state index in [2.05, 4.69) is 35.9 Å². The van der Waals surface area contributed by atoms with E-state index in [9.17, 15) is 0 Å². The van der Waals surface area contributed by atoms with Gasteiger partial charge in [0.2, 0.25) is 0 Å². The number of methoxy groups -OCH3 is 2. The number of ether oxygens (including phenoxy) is 3. The van der Waals surface area contributed by atoms with Gasteiger partial charge >= 0.3 is 0 Å². The highest BCUT2D eigenvalue weighted by atomic mass is 16.5. The fourth-order valence-corrected chi connectivity index (χ4v) is 4.54. The van der Waals surface area contributed by atoms with E-state index in [1.807, 2.05) is 6.92 Å². The summed E-state index contributed by atoms with van der Waals surface area (Å²) in [5, 5.41) is 0. The third-order valence-corrected chi connectivity index (χ3v) is 6.20. The highest BCUT2D eigenvalue weighted by Gasteiger charge is 2.42. The van der Waals surface area contributed by atoms with Gasteiger partial charge in [0.15, 0.2) is 11.5 Å². The van der Waals surface area contributed by atoms with Crippen LogP contribution in [-0.4, -0.2) is 43.9 Å². The zero-order valence-corrected chi connectivity index (χ0v) is 17.5. The molecule has 28 heavy (non-hydrogen) atoms. The quantitative estimate of drug-likeness (QED) is 0.809. The molecule has 0 bridgehead atoms. The largest absolute Gasteiger partial charge is 0.493 e. The molecule has 6 heteroatoms. The molecule has 1 aromatic carbocycles. The molecule has 0 N–H and O–H groups in total. The van der Waals surface area contributed by atoms with Crippen molar-refractivity contribution in [3.05, 3.63) is 40.3 Å². The van der Waals surface area contributed by atoms with E-state index in [-0.39, 0.29) is 5.60 Å². The third kappa shape index (κ3) is 3.09. The maximum absolute atomic E-state index is 6.41. The number of benzene rings is 1. The summed E-state index contributed by atoms with van der Waals surface area (Å²) in [5.41, 5.74) is 4.52. The first-order chi connectivity index (χ1) is 13.5. The number of anilines is 1. The number of nitrogens with zero attached hydrogens (tertiary/aromatic N) is 3. The number of piperidine rings is 1. The molecule has 6 nitrogen and oxygen atoms in total. The summed E-state index contributed by atoms with van der Waals surface area (Å²) in [6.45, 7) is 8.68. The lowest BCUT2D eigenvalue weighted by Crippen LogP contribution is -2.47. The molecule has 1 spiro atoms. The van der Waals surface area contributed by atoms with Crippen molar-refractivity contribution in [2.24, 2.45) is 0 Å². The Balaban J connectivity index is 1.64. The summed E-state index contributed by atoms with van der Waals surface area (Å²) in [6.07, 6.45) is 2.76. The van der Waals surface area contributed by atoms with E-state index in [1.165, 1.54) is 11.1 Å². The Hall–Kier alpha value is -2.34. The van der Waals surface area contributed by atoms with Crippen molar-refractivity contribution in [3.8, 4) is 11.5 Å². The van der Waals surface area contributed by atoms with Crippen LogP contribution in [-0.2, 0) is 16.8 Å². The van der Waals surface area contributed by atoms with Gasteiger partial charge in [0.1, 0.15) is 11.6 Å². The molecule has 1 aromatic heterocycles. The molecule has 2 aromatic rings. The fraction of sp³-hybridized carbons (Fsp3) is 0.545. The molecule has 0 unspecified atom stereocenters. The summed E-state index contributed by atoms with van der Waals surface area (Å²) in [5.74, 6) is 3.45. The van der Waals surface area contributed by atoms with E-state index in [4.69, 9.17) is 19.2 Å². The summed E-state index contributed by atoms with van der Waals surface area (Å²) in [4.78, 5) is 11.6. The molecular weight excluding hydrogens is 354 g/mol. The summed E-state index contributed by atoms with van der Waals surface area (Å²) in [6, 6.07) is 4.24. The lowest BCUT2D eigenvalue weighted by Gasteiger charge is -2.45. The normalized spacial score (nSPS) is 18.1. The Labute approximate surface area is 166 Å². The molecule has 2 aliphatic rings. The zero-order chi connectivity index (χ0) is 19.9. The van der Waals surface area contributed by atoms with E-state index in [1.54, 1.807) is 14.2 Å². The average Bonchev–Trinajstić information content (AvgIpc) is 2.71. The van der Waals surface area contributed by atoms with Crippen molar-refractivity contribution >= 4 is 5.82 Å². The van der Waals surface area contributed by atoms with E-state index >= 15 is 0 Å². The topological polar surface area (TPSA) is 56.7 Å². The van der Waals surface area contributed by atoms with Crippen molar-refractivity contribution in [1.82, 2.24) is 9.97 Å².